The first kappa shape index (κ1) is 15.7. The maximum atomic E-state index is 11.7. The van der Waals surface area contributed by atoms with Gasteiger partial charge in [-0.25, -0.2) is 13.1 Å². The van der Waals surface area contributed by atoms with Crippen LogP contribution in [0, 0.1) is 0 Å². The highest BCUT2D eigenvalue weighted by Gasteiger charge is 2.13. The Morgan fingerprint density at radius 1 is 1.19 bits per heavy atom. The Morgan fingerprint density at radius 2 is 1.95 bits per heavy atom. The van der Waals surface area contributed by atoms with Crippen molar-refractivity contribution in [1.29, 1.82) is 0 Å². The number of nitrogens with two attached hydrogens (primary N) is 1. The van der Waals surface area contributed by atoms with E-state index in [0.29, 0.717) is 5.69 Å². The summed E-state index contributed by atoms with van der Waals surface area (Å²) in [4.78, 5) is 1.90. The van der Waals surface area contributed by atoms with E-state index in [1.165, 1.54) is 30.9 Å². The normalized spacial score (nSPS) is 11.3. The second kappa shape index (κ2) is 6.38. The lowest BCUT2D eigenvalue weighted by Crippen LogP contribution is -2.18. The zero-order chi connectivity index (χ0) is 15.5. The molecule has 0 bridgehead atoms. The second-order valence-corrected chi connectivity index (χ2v) is 7.19. The van der Waals surface area contributed by atoms with Crippen molar-refractivity contribution in [1.82, 2.24) is 4.72 Å². The van der Waals surface area contributed by atoms with Crippen molar-refractivity contribution in [3.05, 3.63) is 42.5 Å². The van der Waals surface area contributed by atoms with Gasteiger partial charge in [0.05, 0.1) is 12.0 Å². The van der Waals surface area contributed by atoms with Gasteiger partial charge in [-0.1, -0.05) is 17.8 Å². The van der Waals surface area contributed by atoms with Crippen LogP contribution in [-0.4, -0.2) is 22.6 Å². The molecule has 0 radical (unpaired) electrons. The Bertz CT molecular complexity index is 746. The molecule has 0 aliphatic rings. The molecule has 0 aliphatic heterocycles. The van der Waals surface area contributed by atoms with Crippen LogP contribution in [0.2, 0.25) is 0 Å². The Labute approximate surface area is 128 Å². The largest absolute Gasteiger partial charge is 0.497 e. The van der Waals surface area contributed by atoms with Crippen molar-refractivity contribution >= 4 is 27.5 Å². The summed E-state index contributed by atoms with van der Waals surface area (Å²) < 4.78 is 30.9. The van der Waals surface area contributed by atoms with Crippen LogP contribution in [0.5, 0.6) is 5.75 Å². The highest BCUT2D eigenvalue weighted by molar-refractivity contribution is 7.99. The van der Waals surface area contributed by atoms with Crippen LogP contribution in [0.4, 0.5) is 5.69 Å². The molecular weight excluding hydrogens is 308 g/mol. The number of rotatable bonds is 5. The van der Waals surface area contributed by atoms with E-state index in [-0.39, 0.29) is 4.90 Å². The third kappa shape index (κ3) is 3.69. The summed E-state index contributed by atoms with van der Waals surface area (Å²) in [6.07, 6.45) is 0. The van der Waals surface area contributed by atoms with Gasteiger partial charge >= 0.3 is 0 Å². The van der Waals surface area contributed by atoms with Crippen molar-refractivity contribution in [2.45, 2.75) is 14.7 Å². The van der Waals surface area contributed by atoms with Crippen molar-refractivity contribution in [3.8, 4) is 5.75 Å². The summed E-state index contributed by atoms with van der Waals surface area (Å²) in [6.45, 7) is 0. The predicted molar refractivity (Wildman–Crippen MR) is 84.2 cm³/mol. The predicted octanol–water partition coefficient (Wildman–Crippen LogP) is 2.34. The van der Waals surface area contributed by atoms with Gasteiger partial charge in [-0.3, -0.25) is 0 Å². The van der Waals surface area contributed by atoms with E-state index in [2.05, 4.69) is 4.72 Å². The molecule has 0 fully saturated rings. The maximum absolute atomic E-state index is 11.7. The van der Waals surface area contributed by atoms with Crippen LogP contribution in [0.3, 0.4) is 0 Å². The number of nitrogen functional groups attached to an aromatic ring is 1. The van der Waals surface area contributed by atoms with Gasteiger partial charge in [0.15, 0.2) is 0 Å². The van der Waals surface area contributed by atoms with Crippen molar-refractivity contribution < 1.29 is 13.2 Å². The zero-order valence-corrected chi connectivity index (χ0v) is 13.3. The molecule has 7 heteroatoms. The number of methoxy groups -OCH3 is 1. The Hall–Kier alpha value is -1.70. The first-order chi connectivity index (χ1) is 9.96. The molecule has 2 rings (SSSR count). The molecule has 0 amide bonds. The molecule has 5 nitrogen and oxygen atoms in total. The van der Waals surface area contributed by atoms with Gasteiger partial charge in [0, 0.05) is 15.5 Å². The van der Waals surface area contributed by atoms with Crippen molar-refractivity contribution in [2.24, 2.45) is 0 Å². The monoisotopic (exact) mass is 324 g/mol. The molecule has 3 N–H and O–H groups in total. The minimum atomic E-state index is -3.48. The number of nitrogens with one attached hydrogen (secondary N) is 1. The van der Waals surface area contributed by atoms with E-state index in [1.54, 1.807) is 13.2 Å². The van der Waals surface area contributed by atoms with E-state index in [4.69, 9.17) is 10.5 Å². The summed E-state index contributed by atoms with van der Waals surface area (Å²) in [5.41, 5.74) is 6.36. The number of ether oxygens (including phenoxy) is 1. The lowest BCUT2D eigenvalue weighted by Gasteiger charge is -2.09. The van der Waals surface area contributed by atoms with Crippen LogP contribution in [0.15, 0.2) is 57.2 Å². The molecule has 0 unspecified atom stereocenters. The van der Waals surface area contributed by atoms with Gasteiger partial charge in [0.1, 0.15) is 5.75 Å². The SMILES string of the molecule is CNS(=O)(=O)c1ccc(Sc2cccc(OC)c2)c(N)c1. The van der Waals surface area contributed by atoms with E-state index < -0.39 is 10.0 Å². The number of hydrogen-bond donors (Lipinski definition) is 2. The number of sulfonamides is 1. The molecule has 0 spiro atoms. The molecule has 112 valence electrons. The summed E-state index contributed by atoms with van der Waals surface area (Å²) in [5.74, 6) is 0.757. The lowest BCUT2D eigenvalue weighted by atomic mass is 10.3. The molecule has 0 saturated heterocycles. The summed E-state index contributed by atoms with van der Waals surface area (Å²) in [7, 11) is -0.508. The van der Waals surface area contributed by atoms with E-state index in [1.807, 2.05) is 24.3 Å². The fraction of sp³-hybridized carbons (Fsp3) is 0.143. The second-order valence-electron chi connectivity index (χ2n) is 4.19. The van der Waals surface area contributed by atoms with E-state index in [0.717, 1.165) is 15.5 Å². The molecule has 0 saturated carbocycles. The molecule has 2 aromatic rings. The lowest BCUT2D eigenvalue weighted by molar-refractivity contribution is 0.413. The summed E-state index contributed by atoms with van der Waals surface area (Å²) in [5, 5.41) is 0. The first-order valence-electron chi connectivity index (χ1n) is 6.11. The molecule has 0 aromatic heterocycles. The van der Waals surface area contributed by atoms with Gasteiger partial charge in [-0.2, -0.15) is 0 Å². The summed E-state index contributed by atoms with van der Waals surface area (Å²) in [6, 6.07) is 12.3. The minimum Gasteiger partial charge on any atom is -0.497 e. The van der Waals surface area contributed by atoms with Gasteiger partial charge in [-0.05, 0) is 43.4 Å². The van der Waals surface area contributed by atoms with Crippen LogP contribution < -0.4 is 15.2 Å². The van der Waals surface area contributed by atoms with Crippen LogP contribution in [0.1, 0.15) is 0 Å². The molecular formula is C14H16N2O3S2. The summed E-state index contributed by atoms with van der Waals surface area (Å²) >= 11 is 1.45. The fourth-order valence-corrected chi connectivity index (χ4v) is 3.35. The van der Waals surface area contributed by atoms with Gasteiger partial charge < -0.3 is 10.5 Å². The van der Waals surface area contributed by atoms with Gasteiger partial charge in [0.2, 0.25) is 10.0 Å². The van der Waals surface area contributed by atoms with Crippen LogP contribution >= 0.6 is 11.8 Å². The van der Waals surface area contributed by atoms with E-state index >= 15 is 0 Å². The molecule has 0 atom stereocenters. The molecule has 0 aliphatic carbocycles. The topological polar surface area (TPSA) is 81.4 Å². The smallest absolute Gasteiger partial charge is 0.240 e. The van der Waals surface area contributed by atoms with Crippen molar-refractivity contribution in [3.63, 3.8) is 0 Å². The fourth-order valence-electron chi connectivity index (χ4n) is 1.70. The third-order valence-electron chi connectivity index (χ3n) is 2.83. The minimum absolute atomic E-state index is 0.150. The molecule has 0 heterocycles. The highest BCUT2D eigenvalue weighted by atomic mass is 32.2. The zero-order valence-electron chi connectivity index (χ0n) is 11.7. The first-order valence-corrected chi connectivity index (χ1v) is 8.41. The molecule has 2 aromatic carbocycles. The Balaban J connectivity index is 2.29. The van der Waals surface area contributed by atoms with Gasteiger partial charge in [-0.15, -0.1) is 0 Å². The standard InChI is InChI=1S/C14H16N2O3S2/c1-16-21(17,18)12-6-7-14(13(15)9-12)20-11-5-3-4-10(8-11)19-2/h3-9,16H,15H2,1-2H3. The van der Waals surface area contributed by atoms with Crippen molar-refractivity contribution in [2.75, 3.05) is 19.9 Å². The average molecular weight is 324 g/mol. The van der Waals surface area contributed by atoms with E-state index in [9.17, 15) is 8.42 Å². The van der Waals surface area contributed by atoms with Gasteiger partial charge in [0.25, 0.3) is 0 Å². The highest BCUT2D eigenvalue weighted by Crippen LogP contribution is 2.34. The third-order valence-corrected chi connectivity index (χ3v) is 5.32. The maximum Gasteiger partial charge on any atom is 0.240 e. The quantitative estimate of drug-likeness (QED) is 0.825. The van der Waals surface area contributed by atoms with Crippen LogP contribution in [-0.2, 0) is 10.0 Å². The van der Waals surface area contributed by atoms with Crippen LogP contribution in [0.25, 0.3) is 0 Å². The average Bonchev–Trinajstić information content (AvgIpc) is 2.49. The number of hydrogen-bond acceptors (Lipinski definition) is 5. The number of benzene rings is 2. The number of anilines is 1. The molecule has 21 heavy (non-hydrogen) atoms. The Kier molecular flexibility index (Phi) is 4.76. The Morgan fingerprint density at radius 3 is 2.57 bits per heavy atom.